The lowest BCUT2D eigenvalue weighted by Crippen LogP contribution is -2.39. The molecule has 2 rings (SSSR count). The Bertz CT molecular complexity index is 1040. The first-order chi connectivity index (χ1) is 16.4. The molecule has 0 aromatic carbocycles. The van der Waals surface area contributed by atoms with Gasteiger partial charge in [0.2, 0.25) is 7.44 Å². The van der Waals surface area contributed by atoms with Crippen LogP contribution in [0.1, 0.15) is 48.0 Å². The van der Waals surface area contributed by atoms with Gasteiger partial charge in [0.1, 0.15) is 24.2 Å². The van der Waals surface area contributed by atoms with Crippen LogP contribution in [0.25, 0.3) is 11.2 Å². The second-order valence-electron chi connectivity index (χ2n) is 8.71. The molecule has 35 heavy (non-hydrogen) atoms. The summed E-state index contributed by atoms with van der Waals surface area (Å²) in [5.41, 5.74) is 6.87. The van der Waals surface area contributed by atoms with Gasteiger partial charge in [-0.15, -0.1) is 0 Å². The number of rotatable bonds is 14. The number of hydrogen-bond acceptors (Lipinski definition) is 10. The first-order valence-corrected chi connectivity index (χ1v) is 13.3. The van der Waals surface area contributed by atoms with Gasteiger partial charge in [-0.05, 0) is 41.5 Å². The molecular weight excluding hydrogens is 477 g/mol. The van der Waals surface area contributed by atoms with Crippen LogP contribution in [-0.4, -0.2) is 68.7 Å². The summed E-state index contributed by atoms with van der Waals surface area (Å²) in [5.74, 6) is -0.691. The predicted octanol–water partition coefficient (Wildman–Crippen LogP) is 1.83. The van der Waals surface area contributed by atoms with Crippen LogP contribution in [0.15, 0.2) is 12.7 Å². The molecule has 3 atom stereocenters. The summed E-state index contributed by atoms with van der Waals surface area (Å²) in [6.07, 6.45) is 1.74. The Morgan fingerprint density at radius 1 is 1.09 bits per heavy atom. The zero-order valence-electron chi connectivity index (χ0n) is 21.1. The number of nitrogen functional groups attached to an aromatic ring is 1. The highest BCUT2D eigenvalue weighted by molar-refractivity contribution is 7.59. The van der Waals surface area contributed by atoms with Gasteiger partial charge in [0.05, 0.1) is 37.6 Å². The van der Waals surface area contributed by atoms with Crippen molar-refractivity contribution in [1.82, 2.24) is 29.7 Å². The zero-order valence-corrected chi connectivity index (χ0v) is 21.9. The summed E-state index contributed by atoms with van der Waals surface area (Å²) in [7, 11) is -3.46. The number of anilines is 1. The highest BCUT2D eigenvalue weighted by Crippen LogP contribution is 2.37. The van der Waals surface area contributed by atoms with Gasteiger partial charge in [-0.2, -0.15) is 0 Å². The maximum atomic E-state index is 13.6. The van der Waals surface area contributed by atoms with Crippen LogP contribution in [0, 0.1) is 0 Å². The van der Waals surface area contributed by atoms with Crippen LogP contribution < -0.4 is 15.9 Å². The number of fused-ring (bicyclic) bond motifs is 1. The fraction of sp³-hybridized carbons (Fsp3) is 0.667. The van der Waals surface area contributed by atoms with E-state index in [1.807, 2.05) is 0 Å². The number of aromatic nitrogens is 4. The summed E-state index contributed by atoms with van der Waals surface area (Å²) in [4.78, 5) is 36.5. The SMILES string of the molecule is CC(C)OC(=O)CCNP(=O)(COC(C)Cn1cnc2c(N)ncnc21)NC(C)C(=O)OC(C)C. The molecule has 13 nitrogen and oxygen atoms in total. The molecule has 0 saturated carbocycles. The smallest absolute Gasteiger partial charge is 0.323 e. The van der Waals surface area contributed by atoms with Crippen LogP contribution >= 0.6 is 7.44 Å². The van der Waals surface area contributed by atoms with Gasteiger partial charge in [0.25, 0.3) is 0 Å². The van der Waals surface area contributed by atoms with E-state index in [0.29, 0.717) is 17.7 Å². The van der Waals surface area contributed by atoms with Crippen molar-refractivity contribution in [3.8, 4) is 0 Å². The fourth-order valence-electron chi connectivity index (χ4n) is 3.08. The number of carbonyl (C=O) groups excluding carboxylic acids is 2. The van der Waals surface area contributed by atoms with Crippen molar-refractivity contribution < 1.29 is 28.4 Å². The van der Waals surface area contributed by atoms with Crippen LogP contribution in [0.5, 0.6) is 0 Å². The Morgan fingerprint density at radius 2 is 1.77 bits per heavy atom. The molecule has 0 aliphatic rings. The maximum Gasteiger partial charge on any atom is 0.323 e. The number of ether oxygens (including phenoxy) is 3. The third-order valence-electron chi connectivity index (χ3n) is 4.60. The average molecular weight is 514 g/mol. The molecule has 0 radical (unpaired) electrons. The minimum Gasteiger partial charge on any atom is -0.463 e. The third-order valence-corrected chi connectivity index (χ3v) is 6.65. The molecule has 0 spiro atoms. The highest BCUT2D eigenvalue weighted by Gasteiger charge is 2.29. The van der Waals surface area contributed by atoms with Crippen molar-refractivity contribution in [2.75, 3.05) is 18.6 Å². The molecule has 2 heterocycles. The molecule has 0 aliphatic heterocycles. The third kappa shape index (κ3) is 9.17. The van der Waals surface area contributed by atoms with E-state index in [1.54, 1.807) is 52.4 Å². The van der Waals surface area contributed by atoms with E-state index < -0.39 is 31.5 Å². The van der Waals surface area contributed by atoms with Crippen molar-refractivity contribution in [2.45, 2.75) is 78.9 Å². The molecule has 4 N–H and O–H groups in total. The number of esters is 2. The molecule has 2 aromatic rings. The Kier molecular flexibility index (Phi) is 10.6. The quantitative estimate of drug-likeness (QED) is 0.247. The number of imidazole rings is 1. The van der Waals surface area contributed by atoms with Crippen LogP contribution in [0.3, 0.4) is 0 Å². The normalized spacial score (nSPS) is 15.2. The number of carbonyl (C=O) groups is 2. The molecule has 0 saturated heterocycles. The molecule has 3 unspecified atom stereocenters. The van der Waals surface area contributed by atoms with Gasteiger partial charge in [-0.3, -0.25) is 19.2 Å². The second-order valence-corrected chi connectivity index (χ2v) is 11.0. The molecule has 0 fully saturated rings. The molecule has 14 heteroatoms. The minimum absolute atomic E-state index is 0.00633. The van der Waals surface area contributed by atoms with E-state index in [2.05, 4.69) is 25.1 Å². The van der Waals surface area contributed by atoms with Gasteiger partial charge in [0, 0.05) is 6.54 Å². The lowest BCUT2D eigenvalue weighted by molar-refractivity contribution is -0.149. The Hall–Kier alpha value is -2.60. The van der Waals surface area contributed by atoms with E-state index in [4.69, 9.17) is 19.9 Å². The van der Waals surface area contributed by atoms with Gasteiger partial charge in [-0.1, -0.05) is 0 Å². The van der Waals surface area contributed by atoms with Crippen molar-refractivity contribution >= 4 is 36.4 Å². The fourth-order valence-corrected chi connectivity index (χ4v) is 5.01. The highest BCUT2D eigenvalue weighted by atomic mass is 31.2. The first-order valence-electron chi connectivity index (χ1n) is 11.4. The Labute approximate surface area is 205 Å². The Morgan fingerprint density at radius 3 is 2.43 bits per heavy atom. The summed E-state index contributed by atoms with van der Waals surface area (Å²) < 4.78 is 31.5. The molecule has 0 amide bonds. The lowest BCUT2D eigenvalue weighted by Gasteiger charge is -2.26. The maximum absolute atomic E-state index is 13.6. The van der Waals surface area contributed by atoms with Crippen molar-refractivity contribution in [1.29, 1.82) is 0 Å². The Balaban J connectivity index is 2.03. The van der Waals surface area contributed by atoms with Gasteiger partial charge in [-0.25, -0.2) is 20.0 Å². The molecule has 2 aromatic heterocycles. The van der Waals surface area contributed by atoms with E-state index in [1.165, 1.54) is 6.33 Å². The largest absolute Gasteiger partial charge is 0.463 e. The molecular formula is C21H36N7O6P. The number of nitrogens with zero attached hydrogens (tertiary/aromatic N) is 4. The van der Waals surface area contributed by atoms with Crippen LogP contribution in [0.4, 0.5) is 5.82 Å². The number of nitrogens with one attached hydrogen (secondary N) is 2. The standard InChI is InChI=1S/C21H36N7O6P/c1-13(2)33-17(29)7-8-26-35(31,27-16(6)21(30)34-14(3)4)12-32-15(5)9-28-11-25-18-19(22)23-10-24-20(18)28/h10-11,13-16H,7-9,12H2,1-6H3,(H2,22,23,24)(H2,26,27,31). The first kappa shape index (κ1) is 28.6. The predicted molar refractivity (Wildman–Crippen MR) is 130 cm³/mol. The van der Waals surface area contributed by atoms with Crippen molar-refractivity contribution in [3.63, 3.8) is 0 Å². The van der Waals surface area contributed by atoms with Gasteiger partial charge in [0.15, 0.2) is 11.5 Å². The summed E-state index contributed by atoms with van der Waals surface area (Å²) >= 11 is 0. The summed E-state index contributed by atoms with van der Waals surface area (Å²) in [6.45, 7) is 10.7. The number of hydrogen-bond donors (Lipinski definition) is 3. The number of nitrogens with two attached hydrogens (primary N) is 1. The van der Waals surface area contributed by atoms with Gasteiger partial charge < -0.3 is 24.5 Å². The monoisotopic (exact) mass is 513 g/mol. The van der Waals surface area contributed by atoms with Crippen LogP contribution in [0.2, 0.25) is 0 Å². The average Bonchev–Trinajstić information content (AvgIpc) is 3.15. The molecule has 0 bridgehead atoms. The van der Waals surface area contributed by atoms with Crippen molar-refractivity contribution in [3.05, 3.63) is 12.7 Å². The van der Waals surface area contributed by atoms with E-state index in [9.17, 15) is 14.2 Å². The van der Waals surface area contributed by atoms with E-state index in [-0.39, 0.29) is 37.3 Å². The topological polar surface area (TPSA) is 173 Å². The van der Waals surface area contributed by atoms with Gasteiger partial charge >= 0.3 is 11.9 Å². The lowest BCUT2D eigenvalue weighted by atomic mass is 10.4. The van der Waals surface area contributed by atoms with E-state index in [0.717, 1.165) is 0 Å². The second kappa shape index (κ2) is 12.9. The summed E-state index contributed by atoms with van der Waals surface area (Å²) in [5, 5.41) is 5.65. The zero-order chi connectivity index (χ0) is 26.2. The van der Waals surface area contributed by atoms with Crippen LogP contribution in [-0.2, 0) is 34.9 Å². The summed E-state index contributed by atoms with van der Waals surface area (Å²) in [6, 6.07) is -0.866. The molecule has 196 valence electrons. The minimum atomic E-state index is -3.46. The van der Waals surface area contributed by atoms with Crippen molar-refractivity contribution in [2.24, 2.45) is 0 Å². The molecule has 0 aliphatic carbocycles. The van der Waals surface area contributed by atoms with E-state index >= 15 is 0 Å².